The fraction of sp³-hybridized carbons (Fsp3) is 0.900. The van der Waals surface area contributed by atoms with Crippen molar-refractivity contribution < 1.29 is 4.79 Å². The van der Waals surface area contributed by atoms with Crippen molar-refractivity contribution in [2.45, 2.75) is 31.8 Å². The maximum Gasteiger partial charge on any atom is 0.236 e. The van der Waals surface area contributed by atoms with Crippen molar-refractivity contribution in [3.63, 3.8) is 0 Å². The number of nitrogens with zero attached hydrogens (tertiary/aromatic N) is 1. The third-order valence-corrected chi connectivity index (χ3v) is 2.88. The van der Waals surface area contributed by atoms with Crippen LogP contribution < -0.4 is 10.6 Å². The molecule has 2 atom stereocenters. The molecule has 4 nitrogen and oxygen atoms in total. The highest BCUT2D eigenvalue weighted by molar-refractivity contribution is 5.81. The highest BCUT2D eigenvalue weighted by Crippen LogP contribution is 2.13. The first kappa shape index (κ1) is 11.5. The van der Waals surface area contributed by atoms with Crippen LogP contribution in [0.3, 0.4) is 0 Å². The molecule has 2 N–H and O–H groups in total. The zero-order valence-corrected chi connectivity index (χ0v) is 9.34. The summed E-state index contributed by atoms with van der Waals surface area (Å²) in [5, 5.41) is 6.03. The molecular weight excluding hydrogens is 178 g/mol. The van der Waals surface area contributed by atoms with Crippen LogP contribution in [0.5, 0.6) is 0 Å². The number of amides is 1. The largest absolute Gasteiger partial charge is 0.358 e. The lowest BCUT2D eigenvalue weighted by atomic mass is 10.2. The third-order valence-electron chi connectivity index (χ3n) is 2.88. The average Bonchev–Trinajstić information content (AvgIpc) is 2.65. The van der Waals surface area contributed by atoms with Crippen molar-refractivity contribution >= 4 is 5.91 Å². The molecule has 4 heteroatoms. The number of rotatable bonds is 4. The SMILES string of the molecule is CCN(C)CC1CCC(C(=O)NC)N1. The van der Waals surface area contributed by atoms with Crippen molar-refractivity contribution in [2.75, 3.05) is 27.2 Å². The van der Waals surface area contributed by atoms with E-state index in [1.165, 1.54) is 0 Å². The number of nitrogens with one attached hydrogen (secondary N) is 2. The molecule has 0 aliphatic carbocycles. The minimum Gasteiger partial charge on any atom is -0.358 e. The maximum atomic E-state index is 11.3. The predicted molar refractivity (Wildman–Crippen MR) is 57.2 cm³/mol. The lowest BCUT2D eigenvalue weighted by Crippen LogP contribution is -2.44. The van der Waals surface area contributed by atoms with Crippen LogP contribution >= 0.6 is 0 Å². The summed E-state index contributed by atoms with van der Waals surface area (Å²) in [6.45, 7) is 4.23. The van der Waals surface area contributed by atoms with Gasteiger partial charge in [0.05, 0.1) is 6.04 Å². The smallest absolute Gasteiger partial charge is 0.236 e. The Labute approximate surface area is 86.0 Å². The topological polar surface area (TPSA) is 44.4 Å². The summed E-state index contributed by atoms with van der Waals surface area (Å²) in [4.78, 5) is 13.6. The first-order chi connectivity index (χ1) is 6.67. The lowest BCUT2D eigenvalue weighted by molar-refractivity contribution is -0.122. The first-order valence-electron chi connectivity index (χ1n) is 5.33. The Morgan fingerprint density at radius 2 is 2.29 bits per heavy atom. The lowest BCUT2D eigenvalue weighted by Gasteiger charge is -2.20. The van der Waals surface area contributed by atoms with Crippen LogP contribution in [0.25, 0.3) is 0 Å². The summed E-state index contributed by atoms with van der Waals surface area (Å²) in [6, 6.07) is 0.498. The molecule has 0 radical (unpaired) electrons. The average molecular weight is 199 g/mol. The Morgan fingerprint density at radius 1 is 1.57 bits per heavy atom. The fourth-order valence-electron chi connectivity index (χ4n) is 1.85. The highest BCUT2D eigenvalue weighted by Gasteiger charge is 2.28. The van der Waals surface area contributed by atoms with Crippen LogP contribution in [0.1, 0.15) is 19.8 Å². The molecule has 2 unspecified atom stereocenters. The molecular formula is C10H21N3O. The Hall–Kier alpha value is -0.610. The zero-order valence-electron chi connectivity index (χ0n) is 9.34. The second-order valence-corrected chi connectivity index (χ2v) is 3.96. The molecule has 0 spiro atoms. The predicted octanol–water partition coefficient (Wildman–Crippen LogP) is -0.195. The van der Waals surface area contributed by atoms with Crippen LogP contribution in [-0.2, 0) is 4.79 Å². The van der Waals surface area contributed by atoms with Gasteiger partial charge in [-0.3, -0.25) is 4.79 Å². The van der Waals surface area contributed by atoms with Gasteiger partial charge in [0.15, 0.2) is 0 Å². The monoisotopic (exact) mass is 199 g/mol. The summed E-state index contributed by atoms with van der Waals surface area (Å²) in [5.74, 6) is 0.117. The van der Waals surface area contributed by atoms with Crippen molar-refractivity contribution in [2.24, 2.45) is 0 Å². The summed E-state index contributed by atoms with van der Waals surface area (Å²) in [7, 11) is 3.80. The molecule has 14 heavy (non-hydrogen) atoms. The molecule has 1 rings (SSSR count). The van der Waals surface area contributed by atoms with E-state index in [-0.39, 0.29) is 11.9 Å². The van der Waals surface area contributed by atoms with E-state index in [0.717, 1.165) is 25.9 Å². The molecule has 1 aliphatic heterocycles. The molecule has 0 aromatic rings. The van der Waals surface area contributed by atoms with Gasteiger partial charge in [0.2, 0.25) is 5.91 Å². The van der Waals surface area contributed by atoms with Crippen LogP contribution in [0, 0.1) is 0 Å². The number of carbonyl (C=O) groups is 1. The van der Waals surface area contributed by atoms with Gasteiger partial charge in [0.1, 0.15) is 0 Å². The molecule has 1 aliphatic rings. The molecule has 0 saturated carbocycles. The van der Waals surface area contributed by atoms with Crippen LogP contribution in [0.15, 0.2) is 0 Å². The van der Waals surface area contributed by atoms with Crippen LogP contribution in [0.4, 0.5) is 0 Å². The van der Waals surface area contributed by atoms with Gasteiger partial charge < -0.3 is 15.5 Å². The highest BCUT2D eigenvalue weighted by atomic mass is 16.2. The van der Waals surface area contributed by atoms with E-state index in [1.807, 2.05) is 0 Å². The van der Waals surface area contributed by atoms with E-state index in [9.17, 15) is 4.79 Å². The van der Waals surface area contributed by atoms with E-state index < -0.39 is 0 Å². The summed E-state index contributed by atoms with van der Waals surface area (Å²) >= 11 is 0. The summed E-state index contributed by atoms with van der Waals surface area (Å²) < 4.78 is 0. The minimum absolute atomic E-state index is 0.0234. The van der Waals surface area contributed by atoms with Gasteiger partial charge in [0, 0.05) is 19.6 Å². The molecule has 0 aromatic heterocycles. The molecule has 0 bridgehead atoms. The maximum absolute atomic E-state index is 11.3. The Kier molecular flexibility index (Phi) is 4.35. The van der Waals surface area contributed by atoms with E-state index >= 15 is 0 Å². The van der Waals surface area contributed by atoms with Gasteiger partial charge in [-0.05, 0) is 26.4 Å². The molecule has 82 valence electrons. The fourth-order valence-corrected chi connectivity index (χ4v) is 1.85. The van der Waals surface area contributed by atoms with Gasteiger partial charge in [-0.2, -0.15) is 0 Å². The van der Waals surface area contributed by atoms with Crippen molar-refractivity contribution in [1.82, 2.24) is 15.5 Å². The van der Waals surface area contributed by atoms with Gasteiger partial charge in [0.25, 0.3) is 0 Å². The van der Waals surface area contributed by atoms with E-state index in [0.29, 0.717) is 6.04 Å². The van der Waals surface area contributed by atoms with Crippen LogP contribution in [0.2, 0.25) is 0 Å². The number of likely N-dealkylation sites (N-methyl/N-ethyl adjacent to an activating group) is 2. The number of hydrogen-bond acceptors (Lipinski definition) is 3. The standard InChI is InChI=1S/C10H21N3O/c1-4-13(3)7-8-5-6-9(12-8)10(14)11-2/h8-9,12H,4-7H2,1-3H3,(H,11,14). The zero-order chi connectivity index (χ0) is 10.6. The number of hydrogen-bond donors (Lipinski definition) is 2. The minimum atomic E-state index is 0.0234. The van der Waals surface area contributed by atoms with Gasteiger partial charge >= 0.3 is 0 Å². The third kappa shape index (κ3) is 2.96. The van der Waals surface area contributed by atoms with Crippen molar-refractivity contribution in [1.29, 1.82) is 0 Å². The Balaban J connectivity index is 2.30. The second kappa shape index (κ2) is 5.32. The molecule has 1 fully saturated rings. The van der Waals surface area contributed by atoms with E-state index in [4.69, 9.17) is 0 Å². The van der Waals surface area contributed by atoms with Gasteiger partial charge in [-0.15, -0.1) is 0 Å². The van der Waals surface area contributed by atoms with Gasteiger partial charge in [-0.1, -0.05) is 6.92 Å². The second-order valence-electron chi connectivity index (χ2n) is 3.96. The van der Waals surface area contributed by atoms with E-state index in [2.05, 4.69) is 29.5 Å². The number of carbonyl (C=O) groups excluding carboxylic acids is 1. The molecule has 1 heterocycles. The Morgan fingerprint density at radius 3 is 2.86 bits per heavy atom. The summed E-state index contributed by atoms with van der Waals surface area (Å²) in [6.07, 6.45) is 2.06. The van der Waals surface area contributed by atoms with E-state index in [1.54, 1.807) is 7.05 Å². The summed E-state index contributed by atoms with van der Waals surface area (Å²) in [5.41, 5.74) is 0. The molecule has 1 amide bonds. The van der Waals surface area contributed by atoms with Crippen molar-refractivity contribution in [3.8, 4) is 0 Å². The first-order valence-corrected chi connectivity index (χ1v) is 5.33. The molecule has 0 aromatic carbocycles. The van der Waals surface area contributed by atoms with Crippen molar-refractivity contribution in [3.05, 3.63) is 0 Å². The van der Waals surface area contributed by atoms with Crippen LogP contribution in [-0.4, -0.2) is 50.1 Å². The molecule has 1 saturated heterocycles. The quantitative estimate of drug-likeness (QED) is 0.659. The van der Waals surface area contributed by atoms with Gasteiger partial charge in [-0.25, -0.2) is 0 Å². The normalized spacial score (nSPS) is 26.9. The Bertz CT molecular complexity index is 196.